The van der Waals surface area contributed by atoms with E-state index in [1.807, 2.05) is 54.6 Å². The second-order valence-electron chi connectivity index (χ2n) is 7.67. The van der Waals surface area contributed by atoms with Crippen molar-refractivity contribution >= 4 is 32.6 Å². The Morgan fingerprint density at radius 3 is 2.66 bits per heavy atom. The minimum atomic E-state index is -0.197. The Bertz CT molecular complexity index is 1150. The molecule has 0 spiro atoms. The number of hydrogen-bond donors (Lipinski definition) is 0. The summed E-state index contributed by atoms with van der Waals surface area (Å²) < 4.78 is 12.0. The van der Waals surface area contributed by atoms with Crippen LogP contribution in [0.5, 0.6) is 0 Å². The lowest BCUT2D eigenvalue weighted by atomic mass is 10.1. The average molecular weight is 449 g/mol. The highest BCUT2D eigenvalue weighted by Gasteiger charge is 2.25. The van der Waals surface area contributed by atoms with Gasteiger partial charge >= 0.3 is 0 Å². The molecule has 32 heavy (non-hydrogen) atoms. The maximum atomic E-state index is 13.5. The molecular formula is C24H24N4O3S. The quantitative estimate of drug-likeness (QED) is 0.419. The number of fused-ring (bicyclic) bond motifs is 1. The van der Waals surface area contributed by atoms with Gasteiger partial charge in [-0.2, -0.15) is 0 Å². The Kier molecular flexibility index (Phi) is 6.24. The average Bonchev–Trinajstić information content (AvgIpc) is 3.50. The van der Waals surface area contributed by atoms with E-state index in [1.54, 1.807) is 11.0 Å². The Balaban J connectivity index is 1.38. The summed E-state index contributed by atoms with van der Waals surface area (Å²) in [6.45, 7) is 4.86. The zero-order chi connectivity index (χ0) is 21.8. The molecule has 0 atom stereocenters. The third-order valence-corrected chi connectivity index (χ3v) is 6.57. The van der Waals surface area contributed by atoms with E-state index in [2.05, 4.69) is 10.1 Å². The van der Waals surface area contributed by atoms with Crippen LogP contribution in [0.1, 0.15) is 16.9 Å². The molecular weight excluding hydrogens is 424 g/mol. The number of morpholine rings is 1. The molecule has 0 N–H and O–H groups in total. The van der Waals surface area contributed by atoms with Gasteiger partial charge in [0.05, 0.1) is 23.4 Å². The van der Waals surface area contributed by atoms with Crippen molar-refractivity contribution in [3.8, 4) is 11.3 Å². The van der Waals surface area contributed by atoms with Crippen molar-refractivity contribution in [2.45, 2.75) is 6.42 Å². The number of aromatic nitrogens is 2. The van der Waals surface area contributed by atoms with Crippen molar-refractivity contribution in [2.75, 3.05) is 44.3 Å². The van der Waals surface area contributed by atoms with Crippen molar-refractivity contribution in [2.24, 2.45) is 0 Å². The Labute approximate surface area is 190 Å². The number of anilines is 1. The predicted octanol–water partition coefficient (Wildman–Crippen LogP) is 4.32. The number of ether oxygens (including phenoxy) is 1. The minimum absolute atomic E-state index is 0.197. The van der Waals surface area contributed by atoms with E-state index < -0.39 is 0 Å². The van der Waals surface area contributed by atoms with E-state index in [4.69, 9.17) is 14.2 Å². The largest absolute Gasteiger partial charge is 0.379 e. The van der Waals surface area contributed by atoms with Crippen molar-refractivity contribution in [3.05, 3.63) is 66.4 Å². The number of carbonyl (C=O) groups excluding carboxylic acids is 1. The lowest BCUT2D eigenvalue weighted by Crippen LogP contribution is -2.39. The lowest BCUT2D eigenvalue weighted by molar-refractivity contribution is 0.0376. The van der Waals surface area contributed by atoms with Gasteiger partial charge in [0, 0.05) is 37.8 Å². The second kappa shape index (κ2) is 9.60. The monoisotopic (exact) mass is 448 g/mol. The van der Waals surface area contributed by atoms with Gasteiger partial charge in [0.15, 0.2) is 16.6 Å². The van der Waals surface area contributed by atoms with Gasteiger partial charge in [-0.05, 0) is 18.6 Å². The molecule has 0 saturated carbocycles. The highest BCUT2D eigenvalue weighted by atomic mass is 32.1. The van der Waals surface area contributed by atoms with E-state index in [0.717, 1.165) is 55.0 Å². The molecule has 2 aromatic heterocycles. The molecule has 7 nitrogen and oxygen atoms in total. The fraction of sp³-hybridized carbons (Fsp3) is 0.292. The number of para-hydroxylation sites is 1. The van der Waals surface area contributed by atoms with E-state index in [1.165, 1.54) is 11.3 Å². The first-order valence-electron chi connectivity index (χ1n) is 10.8. The zero-order valence-electron chi connectivity index (χ0n) is 17.6. The molecule has 1 aliphatic rings. The van der Waals surface area contributed by atoms with Gasteiger partial charge in [0.1, 0.15) is 0 Å². The van der Waals surface area contributed by atoms with Gasteiger partial charge in [-0.1, -0.05) is 59.0 Å². The van der Waals surface area contributed by atoms with Crippen LogP contribution in [-0.4, -0.2) is 60.3 Å². The molecule has 4 aromatic rings. The van der Waals surface area contributed by atoms with Crippen molar-refractivity contribution in [1.82, 2.24) is 15.0 Å². The summed E-state index contributed by atoms with van der Waals surface area (Å²) in [5.41, 5.74) is 2.07. The second-order valence-corrected chi connectivity index (χ2v) is 8.68. The maximum absolute atomic E-state index is 13.5. The van der Waals surface area contributed by atoms with Crippen LogP contribution in [0.4, 0.5) is 5.13 Å². The third kappa shape index (κ3) is 4.57. The highest BCUT2D eigenvalue weighted by molar-refractivity contribution is 7.22. The fourth-order valence-electron chi connectivity index (χ4n) is 3.79. The molecule has 0 aliphatic carbocycles. The highest BCUT2D eigenvalue weighted by Crippen LogP contribution is 2.30. The number of amides is 1. The summed E-state index contributed by atoms with van der Waals surface area (Å²) in [5.74, 6) is 0.378. The first-order valence-corrected chi connectivity index (χ1v) is 11.6. The van der Waals surface area contributed by atoms with Crippen LogP contribution in [0.15, 0.2) is 65.2 Å². The van der Waals surface area contributed by atoms with E-state index >= 15 is 0 Å². The number of carbonyl (C=O) groups is 1. The Hall–Kier alpha value is -3.07. The van der Waals surface area contributed by atoms with Crippen LogP contribution in [0.2, 0.25) is 0 Å². The zero-order valence-corrected chi connectivity index (χ0v) is 18.5. The SMILES string of the molecule is O=C(c1cc(-c2ccccc2)on1)N(CCCN1CCOCC1)c1nc2ccccc2s1. The normalized spacial score (nSPS) is 14.6. The predicted molar refractivity (Wildman–Crippen MR) is 125 cm³/mol. The number of rotatable bonds is 7. The molecule has 1 saturated heterocycles. The molecule has 0 bridgehead atoms. The number of benzene rings is 2. The first-order chi connectivity index (χ1) is 15.8. The summed E-state index contributed by atoms with van der Waals surface area (Å²) in [7, 11) is 0. The van der Waals surface area contributed by atoms with Gasteiger partial charge in [-0.25, -0.2) is 4.98 Å². The first kappa shape index (κ1) is 20.8. The molecule has 3 heterocycles. The maximum Gasteiger partial charge on any atom is 0.282 e. The minimum Gasteiger partial charge on any atom is -0.379 e. The summed E-state index contributed by atoms with van der Waals surface area (Å²) in [5, 5.41) is 4.76. The van der Waals surface area contributed by atoms with Crippen LogP contribution >= 0.6 is 11.3 Å². The van der Waals surface area contributed by atoms with Gasteiger partial charge in [-0.15, -0.1) is 0 Å². The van der Waals surface area contributed by atoms with Crippen LogP contribution < -0.4 is 4.90 Å². The molecule has 8 heteroatoms. The van der Waals surface area contributed by atoms with Crippen LogP contribution in [-0.2, 0) is 4.74 Å². The Morgan fingerprint density at radius 2 is 1.84 bits per heavy atom. The van der Waals surface area contributed by atoms with Crippen LogP contribution in [0.3, 0.4) is 0 Å². The topological polar surface area (TPSA) is 71.7 Å². The third-order valence-electron chi connectivity index (χ3n) is 5.51. The molecule has 2 aromatic carbocycles. The van der Waals surface area contributed by atoms with E-state index in [0.29, 0.717) is 17.4 Å². The molecule has 5 rings (SSSR count). The van der Waals surface area contributed by atoms with Crippen molar-refractivity contribution in [1.29, 1.82) is 0 Å². The summed E-state index contributed by atoms with van der Waals surface area (Å²) >= 11 is 1.52. The van der Waals surface area contributed by atoms with Gasteiger partial charge < -0.3 is 9.26 Å². The van der Waals surface area contributed by atoms with Gasteiger partial charge in [0.2, 0.25) is 0 Å². The molecule has 1 amide bonds. The number of thiazole rings is 1. The fourth-order valence-corrected chi connectivity index (χ4v) is 4.78. The van der Waals surface area contributed by atoms with Crippen LogP contribution in [0, 0.1) is 0 Å². The lowest BCUT2D eigenvalue weighted by Gasteiger charge is -2.27. The van der Waals surface area contributed by atoms with Gasteiger partial charge in [-0.3, -0.25) is 14.6 Å². The van der Waals surface area contributed by atoms with E-state index in [9.17, 15) is 4.79 Å². The number of nitrogens with zero attached hydrogens (tertiary/aromatic N) is 4. The number of hydrogen-bond acceptors (Lipinski definition) is 7. The summed E-state index contributed by atoms with van der Waals surface area (Å²) in [6, 6.07) is 19.3. The van der Waals surface area contributed by atoms with Crippen LogP contribution in [0.25, 0.3) is 21.5 Å². The standard InChI is InChI=1S/C24H24N4O3S/c29-23(20-17-21(31-26-20)18-7-2-1-3-8-18)28(12-6-11-27-13-15-30-16-14-27)24-25-19-9-4-5-10-22(19)32-24/h1-5,7-10,17H,6,11-16H2. The van der Waals surface area contributed by atoms with Gasteiger partial charge in [0.25, 0.3) is 5.91 Å². The smallest absolute Gasteiger partial charge is 0.282 e. The molecule has 1 fully saturated rings. The van der Waals surface area contributed by atoms with Crippen molar-refractivity contribution < 1.29 is 14.1 Å². The molecule has 164 valence electrons. The van der Waals surface area contributed by atoms with E-state index in [-0.39, 0.29) is 11.6 Å². The molecule has 0 unspecified atom stereocenters. The summed E-state index contributed by atoms with van der Waals surface area (Å²) in [4.78, 5) is 22.3. The molecule has 0 radical (unpaired) electrons. The van der Waals surface area contributed by atoms with Crippen molar-refractivity contribution in [3.63, 3.8) is 0 Å². The molecule has 1 aliphatic heterocycles. The Morgan fingerprint density at radius 1 is 1.06 bits per heavy atom. The summed E-state index contributed by atoms with van der Waals surface area (Å²) in [6.07, 6.45) is 0.838.